The Bertz CT molecular complexity index is 1340. The van der Waals surface area contributed by atoms with Crippen LogP contribution in [0.3, 0.4) is 0 Å². The Hall–Kier alpha value is -3.65. The average molecular weight is 495 g/mol. The molecule has 0 saturated carbocycles. The van der Waals surface area contributed by atoms with E-state index in [1.165, 1.54) is 0 Å². The number of hydrogen-bond acceptors (Lipinski definition) is 4. The van der Waals surface area contributed by atoms with E-state index in [1.54, 1.807) is 64.1 Å². The van der Waals surface area contributed by atoms with E-state index in [4.69, 9.17) is 0 Å². The van der Waals surface area contributed by atoms with Gasteiger partial charge in [0.25, 0.3) is 15.9 Å². The molecule has 3 aromatic carbocycles. The number of hydrogen-bond donors (Lipinski definition) is 3. The summed E-state index contributed by atoms with van der Waals surface area (Å²) in [4.78, 5) is 24.8. The Morgan fingerprint density at radius 2 is 1.40 bits per heavy atom. The van der Waals surface area contributed by atoms with Crippen molar-refractivity contribution in [2.75, 3.05) is 4.72 Å². The highest BCUT2D eigenvalue weighted by Gasteiger charge is 2.23. The highest BCUT2D eigenvalue weighted by atomic mass is 32.2. The van der Waals surface area contributed by atoms with Gasteiger partial charge >= 0.3 is 5.97 Å². The monoisotopic (exact) mass is 494 g/mol. The first-order valence-corrected chi connectivity index (χ1v) is 12.7. The number of nitrogens with one attached hydrogen (secondary N) is 2. The van der Waals surface area contributed by atoms with Gasteiger partial charge < -0.3 is 10.4 Å². The number of anilines is 1. The number of amides is 1. The van der Waals surface area contributed by atoms with Crippen LogP contribution in [-0.4, -0.2) is 31.4 Å². The topological polar surface area (TPSA) is 113 Å². The van der Waals surface area contributed by atoms with Crippen molar-refractivity contribution in [3.05, 3.63) is 93.5 Å². The molecule has 184 valence electrons. The number of carboxylic acids is 1. The molecular weight excluding hydrogens is 464 g/mol. The van der Waals surface area contributed by atoms with Gasteiger partial charge in [-0.1, -0.05) is 48.0 Å². The van der Waals surface area contributed by atoms with E-state index in [0.717, 1.165) is 16.7 Å². The van der Waals surface area contributed by atoms with Crippen molar-refractivity contribution in [3.63, 3.8) is 0 Å². The predicted octanol–water partition coefficient (Wildman–Crippen LogP) is 4.46. The molecule has 0 aliphatic carbocycles. The van der Waals surface area contributed by atoms with Crippen molar-refractivity contribution in [2.45, 2.75) is 52.0 Å². The maximum atomic E-state index is 13.0. The molecule has 0 aromatic heterocycles. The van der Waals surface area contributed by atoms with Gasteiger partial charge in [0, 0.05) is 17.7 Å². The zero-order valence-corrected chi connectivity index (χ0v) is 21.3. The molecule has 0 radical (unpaired) electrons. The maximum Gasteiger partial charge on any atom is 0.326 e. The molecule has 8 heteroatoms. The van der Waals surface area contributed by atoms with Crippen LogP contribution in [0.15, 0.2) is 59.5 Å². The van der Waals surface area contributed by atoms with E-state index in [9.17, 15) is 23.1 Å². The third kappa shape index (κ3) is 6.08. The van der Waals surface area contributed by atoms with Crippen LogP contribution in [0.5, 0.6) is 0 Å². The fourth-order valence-electron chi connectivity index (χ4n) is 4.34. The second kappa shape index (κ2) is 10.3. The molecule has 0 saturated heterocycles. The zero-order valence-electron chi connectivity index (χ0n) is 20.5. The fraction of sp³-hybridized carbons (Fsp3) is 0.259. The van der Waals surface area contributed by atoms with Gasteiger partial charge in [-0.15, -0.1) is 0 Å². The molecule has 0 aliphatic heterocycles. The summed E-state index contributed by atoms with van der Waals surface area (Å²) in [5.41, 5.74) is 5.31. The molecule has 3 rings (SSSR count). The summed E-state index contributed by atoms with van der Waals surface area (Å²) in [6.07, 6.45) is 0.0508. The van der Waals surface area contributed by atoms with Crippen LogP contribution >= 0.6 is 0 Å². The summed E-state index contributed by atoms with van der Waals surface area (Å²) >= 11 is 0. The molecule has 35 heavy (non-hydrogen) atoms. The Morgan fingerprint density at radius 1 is 0.857 bits per heavy atom. The molecule has 0 aliphatic rings. The fourth-order valence-corrected chi connectivity index (χ4v) is 5.86. The first-order chi connectivity index (χ1) is 16.4. The molecule has 3 aromatic rings. The van der Waals surface area contributed by atoms with Crippen LogP contribution in [0.1, 0.15) is 43.7 Å². The summed E-state index contributed by atoms with van der Waals surface area (Å²) in [6.45, 7) is 9.04. The van der Waals surface area contributed by atoms with E-state index in [2.05, 4.69) is 10.0 Å². The standard InChI is InChI=1S/C27H30N2O5S/c1-16-13-19(4)25(20(5)14-16)35(33,34)29-22-11-9-21(10-12-22)15-23(27(31)32)28-26(30)24-17(2)7-6-8-18(24)3/h6-14,23,29H,15H2,1-5H3,(H,28,30)(H,31,32). The van der Waals surface area contributed by atoms with Crippen LogP contribution in [0, 0.1) is 34.6 Å². The van der Waals surface area contributed by atoms with Gasteiger partial charge in [0.05, 0.1) is 4.90 Å². The number of aliphatic carboxylic acids is 1. The predicted molar refractivity (Wildman–Crippen MR) is 136 cm³/mol. The number of carboxylic acid groups (broad SMARTS) is 1. The van der Waals surface area contributed by atoms with Crippen molar-refractivity contribution in [3.8, 4) is 0 Å². The highest BCUT2D eigenvalue weighted by Crippen LogP contribution is 2.24. The summed E-state index contributed by atoms with van der Waals surface area (Å²) in [7, 11) is -3.80. The third-order valence-electron chi connectivity index (χ3n) is 5.83. The molecule has 0 heterocycles. The van der Waals surface area contributed by atoms with Crippen LogP contribution in [0.4, 0.5) is 5.69 Å². The Labute approximate surface area is 206 Å². The lowest BCUT2D eigenvalue weighted by atomic mass is 10.0. The number of benzene rings is 3. The van der Waals surface area contributed by atoms with Crippen molar-refractivity contribution in [1.82, 2.24) is 5.32 Å². The Kier molecular flexibility index (Phi) is 7.65. The van der Waals surface area contributed by atoms with Gasteiger partial charge in [0.2, 0.25) is 0 Å². The normalized spacial score (nSPS) is 12.1. The molecule has 0 bridgehead atoms. The number of sulfonamides is 1. The van der Waals surface area contributed by atoms with Crippen LogP contribution in [0.2, 0.25) is 0 Å². The quantitative estimate of drug-likeness (QED) is 0.428. The van der Waals surface area contributed by atoms with E-state index >= 15 is 0 Å². The Balaban J connectivity index is 1.75. The van der Waals surface area contributed by atoms with Crippen molar-refractivity contribution >= 4 is 27.6 Å². The lowest BCUT2D eigenvalue weighted by molar-refractivity contribution is -0.139. The third-order valence-corrected chi connectivity index (χ3v) is 7.52. The Morgan fingerprint density at radius 3 is 1.91 bits per heavy atom. The minimum atomic E-state index is -3.80. The van der Waals surface area contributed by atoms with Gasteiger partial charge in [0.15, 0.2) is 0 Å². The summed E-state index contributed by atoms with van der Waals surface area (Å²) in [6, 6.07) is 14.4. The van der Waals surface area contributed by atoms with E-state index in [1.807, 2.05) is 25.1 Å². The number of carbonyl (C=O) groups excluding carboxylic acids is 1. The van der Waals surface area contributed by atoms with Crippen LogP contribution < -0.4 is 10.0 Å². The van der Waals surface area contributed by atoms with E-state index < -0.39 is 27.9 Å². The molecule has 1 atom stereocenters. The largest absolute Gasteiger partial charge is 0.480 e. The van der Waals surface area contributed by atoms with Crippen molar-refractivity contribution < 1.29 is 23.1 Å². The summed E-state index contributed by atoms with van der Waals surface area (Å²) in [5.74, 6) is -1.60. The van der Waals surface area contributed by atoms with E-state index in [0.29, 0.717) is 27.9 Å². The number of carbonyl (C=O) groups is 2. The lowest BCUT2D eigenvalue weighted by Gasteiger charge is -2.17. The molecule has 1 amide bonds. The molecule has 3 N–H and O–H groups in total. The van der Waals surface area contributed by atoms with Gasteiger partial charge in [0.1, 0.15) is 6.04 Å². The first-order valence-electron chi connectivity index (χ1n) is 11.2. The minimum absolute atomic E-state index is 0.0508. The molecule has 0 spiro atoms. The zero-order chi connectivity index (χ0) is 25.9. The molecule has 0 fully saturated rings. The van der Waals surface area contributed by atoms with Crippen molar-refractivity contribution in [2.24, 2.45) is 0 Å². The molecular formula is C27H30N2O5S. The molecule has 7 nitrogen and oxygen atoms in total. The van der Waals surface area contributed by atoms with Gasteiger partial charge in [-0.05, 0) is 74.6 Å². The summed E-state index contributed by atoms with van der Waals surface area (Å²) < 4.78 is 28.6. The molecule has 1 unspecified atom stereocenters. The first kappa shape index (κ1) is 26.0. The highest BCUT2D eigenvalue weighted by molar-refractivity contribution is 7.92. The second-order valence-corrected chi connectivity index (χ2v) is 10.5. The smallest absolute Gasteiger partial charge is 0.326 e. The van der Waals surface area contributed by atoms with Gasteiger partial charge in [-0.2, -0.15) is 0 Å². The summed E-state index contributed by atoms with van der Waals surface area (Å²) in [5, 5.41) is 12.3. The average Bonchev–Trinajstić information content (AvgIpc) is 2.73. The maximum absolute atomic E-state index is 13.0. The van der Waals surface area contributed by atoms with Crippen LogP contribution in [-0.2, 0) is 21.2 Å². The van der Waals surface area contributed by atoms with E-state index in [-0.39, 0.29) is 11.3 Å². The SMILES string of the molecule is Cc1cc(C)c(S(=O)(=O)Nc2ccc(CC(NC(=O)c3c(C)cccc3C)C(=O)O)cc2)c(C)c1. The lowest BCUT2D eigenvalue weighted by Crippen LogP contribution is -2.42. The van der Waals surface area contributed by atoms with Crippen LogP contribution in [0.25, 0.3) is 0 Å². The van der Waals surface area contributed by atoms with Gasteiger partial charge in [-0.3, -0.25) is 9.52 Å². The van der Waals surface area contributed by atoms with Gasteiger partial charge in [-0.25, -0.2) is 13.2 Å². The number of rotatable bonds is 8. The van der Waals surface area contributed by atoms with Crippen molar-refractivity contribution in [1.29, 1.82) is 0 Å². The minimum Gasteiger partial charge on any atom is -0.480 e. The number of aryl methyl sites for hydroxylation is 5. The second-order valence-electron chi connectivity index (χ2n) is 8.87.